The van der Waals surface area contributed by atoms with Crippen LogP contribution in [0.5, 0.6) is 0 Å². The predicted molar refractivity (Wildman–Crippen MR) is 198 cm³/mol. The van der Waals surface area contributed by atoms with Crippen LogP contribution in [-0.4, -0.2) is 4.57 Å². The molecule has 0 saturated heterocycles. The lowest BCUT2D eigenvalue weighted by Crippen LogP contribution is -2.29. The average Bonchev–Trinajstić information content (AvgIpc) is 3.77. The Morgan fingerprint density at radius 3 is 1.70 bits per heavy atom. The zero-order valence-electron chi connectivity index (χ0n) is 26.6. The molecular weight excluding hydrogens is 567 g/mol. The number of fused-ring (bicyclic) bond motifs is 13. The number of benzene rings is 6. The van der Waals surface area contributed by atoms with Gasteiger partial charge >= 0.3 is 0 Å². The van der Waals surface area contributed by atoms with Crippen LogP contribution in [0.1, 0.15) is 47.2 Å². The summed E-state index contributed by atoms with van der Waals surface area (Å²) in [4.78, 5) is 0. The van der Waals surface area contributed by atoms with Gasteiger partial charge in [0.25, 0.3) is 0 Å². The molecule has 3 aliphatic carbocycles. The zero-order chi connectivity index (χ0) is 31.5. The Hall–Kier alpha value is -5.66. The summed E-state index contributed by atoms with van der Waals surface area (Å²) in [7, 11) is 0. The molecule has 1 spiro atoms. The summed E-state index contributed by atoms with van der Waals surface area (Å²) in [6.07, 6.45) is 6.28. The maximum Gasteiger partial charge on any atom is 0.0881 e. The lowest BCUT2D eigenvalue weighted by atomic mass is 9.72. The summed E-state index contributed by atoms with van der Waals surface area (Å²) in [6, 6.07) is 50.1. The second-order valence-electron chi connectivity index (χ2n) is 13.7. The van der Waals surface area contributed by atoms with Crippen LogP contribution in [0.2, 0.25) is 0 Å². The molecular formula is C46H33N. The van der Waals surface area contributed by atoms with Crippen molar-refractivity contribution >= 4 is 33.1 Å². The minimum atomic E-state index is -0.503. The molecule has 0 radical (unpaired) electrons. The Bertz CT molecular complexity index is 2520. The molecule has 0 atom stereocenters. The van der Waals surface area contributed by atoms with E-state index in [0.29, 0.717) is 0 Å². The topological polar surface area (TPSA) is 4.93 Å². The van der Waals surface area contributed by atoms with Crippen LogP contribution < -0.4 is 0 Å². The third kappa shape index (κ3) is 3.14. The fourth-order valence-corrected chi connectivity index (χ4v) is 9.31. The highest BCUT2D eigenvalue weighted by molar-refractivity contribution is 6.17. The fraction of sp³-hybridized carbons (Fsp3) is 0.0870. The van der Waals surface area contributed by atoms with E-state index in [1.54, 1.807) is 0 Å². The lowest BCUT2D eigenvalue weighted by Gasteiger charge is -2.34. The third-order valence-electron chi connectivity index (χ3n) is 11.2. The molecule has 6 aromatic carbocycles. The van der Waals surface area contributed by atoms with Crippen LogP contribution in [0.3, 0.4) is 0 Å². The fourth-order valence-electron chi connectivity index (χ4n) is 9.31. The largest absolute Gasteiger partial charge is 0.311 e. The van der Waals surface area contributed by atoms with E-state index >= 15 is 0 Å². The van der Waals surface area contributed by atoms with E-state index in [0.717, 1.165) is 0 Å². The summed E-state index contributed by atoms with van der Waals surface area (Å²) >= 11 is 0. The van der Waals surface area contributed by atoms with Crippen molar-refractivity contribution in [3.8, 4) is 22.3 Å². The van der Waals surface area contributed by atoms with E-state index in [1.165, 1.54) is 88.7 Å². The number of hydrogen-bond donors (Lipinski definition) is 0. The van der Waals surface area contributed by atoms with Gasteiger partial charge in [-0.15, -0.1) is 0 Å². The quantitative estimate of drug-likeness (QED) is 0.178. The third-order valence-corrected chi connectivity index (χ3v) is 11.2. The van der Waals surface area contributed by atoms with E-state index in [1.807, 2.05) is 6.08 Å². The molecule has 0 N–H and O–H groups in total. The molecule has 3 aliphatic rings. The number of nitrogens with zero attached hydrogens (tertiary/aromatic N) is 1. The second kappa shape index (κ2) is 9.21. The first-order chi connectivity index (χ1) is 23.1. The maximum atomic E-state index is 4.08. The van der Waals surface area contributed by atoms with Crippen molar-refractivity contribution in [2.45, 2.75) is 24.7 Å². The van der Waals surface area contributed by atoms with E-state index in [4.69, 9.17) is 0 Å². The summed E-state index contributed by atoms with van der Waals surface area (Å²) in [6.45, 7) is 8.84. The maximum absolute atomic E-state index is 4.08. The first kappa shape index (κ1) is 26.5. The minimum absolute atomic E-state index is 0.107. The summed E-state index contributed by atoms with van der Waals surface area (Å²) in [5.74, 6) is 0. The van der Waals surface area contributed by atoms with Crippen molar-refractivity contribution in [3.63, 3.8) is 0 Å². The Morgan fingerprint density at radius 1 is 0.511 bits per heavy atom. The molecule has 0 unspecified atom stereocenters. The Morgan fingerprint density at radius 2 is 1.04 bits per heavy atom. The molecule has 222 valence electrons. The molecule has 0 amide bonds. The van der Waals surface area contributed by atoms with Gasteiger partial charge in [-0.1, -0.05) is 154 Å². The van der Waals surface area contributed by atoms with Crippen molar-refractivity contribution in [2.75, 3.05) is 0 Å². The number of rotatable bonds is 3. The first-order valence-electron chi connectivity index (χ1n) is 16.6. The number of aromatic nitrogens is 1. The van der Waals surface area contributed by atoms with Crippen LogP contribution in [0.4, 0.5) is 0 Å². The van der Waals surface area contributed by atoms with Crippen LogP contribution in [0.15, 0.2) is 158 Å². The van der Waals surface area contributed by atoms with Crippen LogP contribution in [0, 0.1) is 0 Å². The number of hydrogen-bond acceptors (Lipinski definition) is 0. The molecule has 0 bridgehead atoms. The van der Waals surface area contributed by atoms with Crippen molar-refractivity contribution in [1.82, 2.24) is 4.57 Å². The van der Waals surface area contributed by atoms with Crippen molar-refractivity contribution in [2.24, 2.45) is 0 Å². The summed E-state index contributed by atoms with van der Waals surface area (Å²) in [5.41, 5.74) is 17.8. The second-order valence-corrected chi connectivity index (χ2v) is 13.7. The minimum Gasteiger partial charge on any atom is -0.311 e. The molecule has 47 heavy (non-hydrogen) atoms. The molecule has 1 heterocycles. The van der Waals surface area contributed by atoms with Crippen molar-refractivity contribution in [1.29, 1.82) is 0 Å². The molecule has 0 aliphatic heterocycles. The zero-order valence-corrected chi connectivity index (χ0v) is 26.6. The van der Waals surface area contributed by atoms with Gasteiger partial charge in [0.15, 0.2) is 0 Å². The average molecular weight is 600 g/mol. The lowest BCUT2D eigenvalue weighted by molar-refractivity contribution is 0.661. The number of allylic oxidation sites excluding steroid dienone is 5. The van der Waals surface area contributed by atoms with Crippen LogP contribution >= 0.6 is 0 Å². The van der Waals surface area contributed by atoms with E-state index in [9.17, 15) is 0 Å². The van der Waals surface area contributed by atoms with Gasteiger partial charge in [-0.05, 0) is 73.8 Å². The highest BCUT2D eigenvalue weighted by atomic mass is 15.0. The normalized spacial score (nSPS) is 16.1. The summed E-state index contributed by atoms with van der Waals surface area (Å²) in [5, 5.41) is 2.56. The van der Waals surface area contributed by atoms with Gasteiger partial charge in [0.05, 0.1) is 22.1 Å². The van der Waals surface area contributed by atoms with Crippen molar-refractivity contribution in [3.05, 3.63) is 192 Å². The van der Waals surface area contributed by atoms with Gasteiger partial charge in [0, 0.05) is 21.8 Å². The molecule has 7 aromatic rings. The van der Waals surface area contributed by atoms with Gasteiger partial charge < -0.3 is 4.57 Å². The summed E-state index contributed by atoms with van der Waals surface area (Å²) < 4.78 is 2.62. The van der Waals surface area contributed by atoms with Gasteiger partial charge in [-0.25, -0.2) is 0 Å². The van der Waals surface area contributed by atoms with Gasteiger partial charge in [-0.3, -0.25) is 0 Å². The molecule has 0 saturated carbocycles. The Balaban J connectivity index is 1.42. The van der Waals surface area contributed by atoms with Gasteiger partial charge in [-0.2, -0.15) is 0 Å². The molecule has 10 rings (SSSR count). The Kier molecular flexibility index (Phi) is 5.20. The monoisotopic (exact) mass is 599 g/mol. The standard InChI is InChI=1S/C46H33N/c1-4-5-16-34-31-19-9-14-25-40(31)46(38-23-12-7-17-29(38)30-18-8-13-24-39(30)46)44(34)47-42-26-15-10-21-33(42)36-27-35-32-20-6-11-22-37(32)45(2,3)41(35)28-43(36)47/h4-28H,1H2,2-3H3/b16-5-. The molecule has 1 aromatic heterocycles. The SMILES string of the molecule is C=C/C=C\C1=C(n2c3ccccc3c3cc4c(cc32)C(C)(C)c2ccccc2-4)C2(c3ccccc31)c1ccccc1-c1ccccc12. The van der Waals surface area contributed by atoms with Crippen LogP contribution in [0.25, 0.3) is 55.3 Å². The highest BCUT2D eigenvalue weighted by Crippen LogP contribution is 2.64. The van der Waals surface area contributed by atoms with Crippen LogP contribution in [-0.2, 0) is 10.8 Å². The first-order valence-corrected chi connectivity index (χ1v) is 16.6. The molecule has 1 nitrogen and oxygen atoms in total. The van der Waals surface area contributed by atoms with E-state index < -0.39 is 5.41 Å². The van der Waals surface area contributed by atoms with Crippen molar-refractivity contribution < 1.29 is 0 Å². The predicted octanol–water partition coefficient (Wildman–Crippen LogP) is 11.5. The van der Waals surface area contributed by atoms with E-state index in [-0.39, 0.29) is 5.41 Å². The molecule has 0 fully saturated rings. The highest BCUT2D eigenvalue weighted by Gasteiger charge is 2.54. The van der Waals surface area contributed by atoms with E-state index in [2.05, 4.69) is 171 Å². The smallest absolute Gasteiger partial charge is 0.0881 e. The van der Waals surface area contributed by atoms with Gasteiger partial charge in [0.1, 0.15) is 0 Å². The molecule has 1 heteroatoms. The Labute approximate surface area is 275 Å². The number of para-hydroxylation sites is 1. The van der Waals surface area contributed by atoms with Gasteiger partial charge in [0.2, 0.25) is 0 Å².